The van der Waals surface area contributed by atoms with Gasteiger partial charge in [0.15, 0.2) is 29.2 Å². The van der Waals surface area contributed by atoms with Crippen molar-refractivity contribution in [2.45, 2.75) is 32.7 Å². The number of nitro benzene ring substituents is 1. The van der Waals surface area contributed by atoms with Crippen molar-refractivity contribution in [2.24, 2.45) is 5.10 Å². The molecular formula is C32H35N5O10. The predicted molar refractivity (Wildman–Crippen MR) is 169 cm³/mol. The van der Waals surface area contributed by atoms with Crippen LogP contribution in [-0.2, 0) is 16.1 Å². The maximum atomic E-state index is 12.4. The fourth-order valence-corrected chi connectivity index (χ4v) is 4.58. The Morgan fingerprint density at radius 2 is 1.77 bits per heavy atom. The number of amides is 2. The van der Waals surface area contributed by atoms with E-state index in [0.717, 1.165) is 5.56 Å². The number of hydrogen-bond donors (Lipinski definition) is 4. The molecule has 0 bridgehead atoms. The number of urea groups is 1. The van der Waals surface area contributed by atoms with Crippen LogP contribution in [0.3, 0.4) is 0 Å². The molecule has 3 aromatic rings. The van der Waals surface area contributed by atoms with E-state index >= 15 is 0 Å². The Bertz CT molecular complexity index is 1660. The lowest BCUT2D eigenvalue weighted by molar-refractivity contribution is -0.384. The second kappa shape index (κ2) is 15.9. The van der Waals surface area contributed by atoms with Crippen LogP contribution < -0.4 is 35.0 Å². The SMILES string of the molecule is CCOc1cc([C@@H]2NC(=O)NC(C)=C2C(=O)OC)ccc1OC[C@H](O)N/N=C\c1ccc(OCc2ccc([N+](=O)[O-])cc2)c(OC)c1. The summed E-state index contributed by atoms with van der Waals surface area (Å²) in [6.07, 6.45) is 0.292. The zero-order chi connectivity index (χ0) is 33.9. The number of aliphatic hydroxyl groups excluding tert-OH is 1. The van der Waals surface area contributed by atoms with Gasteiger partial charge in [0.25, 0.3) is 5.69 Å². The molecule has 0 unspecified atom stereocenters. The van der Waals surface area contributed by atoms with Gasteiger partial charge in [-0.3, -0.25) is 15.5 Å². The molecule has 47 heavy (non-hydrogen) atoms. The molecule has 4 N–H and O–H groups in total. The van der Waals surface area contributed by atoms with Gasteiger partial charge >= 0.3 is 12.0 Å². The van der Waals surface area contributed by atoms with Gasteiger partial charge in [-0.1, -0.05) is 6.07 Å². The molecule has 0 saturated heterocycles. The molecule has 4 rings (SSSR count). The van der Waals surface area contributed by atoms with Crippen molar-refractivity contribution in [3.8, 4) is 23.0 Å². The minimum atomic E-state index is -1.19. The van der Waals surface area contributed by atoms with Gasteiger partial charge in [-0.05, 0) is 73.0 Å². The second-order valence-electron chi connectivity index (χ2n) is 10.0. The van der Waals surface area contributed by atoms with Crippen LogP contribution in [0.1, 0.15) is 36.6 Å². The van der Waals surface area contributed by atoms with Crippen LogP contribution in [0.2, 0.25) is 0 Å². The number of methoxy groups -OCH3 is 2. The fourth-order valence-electron chi connectivity index (χ4n) is 4.58. The standard InChI is InChI=1S/C32H35N5O10/c1-5-45-27-15-22(30-29(31(39)44-4)19(2)34-32(40)35-30)9-13-25(27)47-18-28(38)36-33-16-21-8-12-24(26(14-21)43-3)46-17-20-6-10-23(11-7-20)37(41)42/h6-16,28,30,36,38H,5,17-18H2,1-4H3,(H2,34,35,40)/b33-16-/t28-,30-/m0/s1. The number of nitrogens with zero attached hydrogens (tertiary/aromatic N) is 2. The third-order valence-corrected chi connectivity index (χ3v) is 6.84. The van der Waals surface area contributed by atoms with Crippen molar-refractivity contribution in [2.75, 3.05) is 27.4 Å². The average molecular weight is 650 g/mol. The monoisotopic (exact) mass is 649 g/mol. The van der Waals surface area contributed by atoms with E-state index in [0.29, 0.717) is 46.4 Å². The average Bonchev–Trinajstić information content (AvgIpc) is 3.06. The van der Waals surface area contributed by atoms with Gasteiger partial charge in [-0.25, -0.2) is 9.59 Å². The molecule has 0 radical (unpaired) electrons. The third-order valence-electron chi connectivity index (χ3n) is 6.84. The number of aliphatic hydroxyl groups is 1. The van der Waals surface area contributed by atoms with Gasteiger partial charge in [0.2, 0.25) is 0 Å². The number of ether oxygens (including phenoxy) is 5. The number of non-ortho nitro benzene ring substituents is 1. The highest BCUT2D eigenvalue weighted by Gasteiger charge is 2.32. The lowest BCUT2D eigenvalue weighted by Gasteiger charge is -2.28. The fraction of sp³-hybridized carbons (Fsp3) is 0.281. The number of esters is 1. The summed E-state index contributed by atoms with van der Waals surface area (Å²) in [6.45, 7) is 3.72. The highest BCUT2D eigenvalue weighted by atomic mass is 16.6. The Morgan fingerprint density at radius 3 is 2.45 bits per heavy atom. The summed E-state index contributed by atoms with van der Waals surface area (Å²) in [5.41, 5.74) is 5.19. The van der Waals surface area contributed by atoms with Crippen LogP contribution in [0, 0.1) is 10.1 Å². The van der Waals surface area contributed by atoms with E-state index in [2.05, 4.69) is 21.2 Å². The highest BCUT2D eigenvalue weighted by Crippen LogP contribution is 2.35. The van der Waals surface area contributed by atoms with Crippen LogP contribution >= 0.6 is 0 Å². The molecule has 248 valence electrons. The first kappa shape index (κ1) is 34.1. The Hall–Kier alpha value is -5.83. The maximum absolute atomic E-state index is 12.4. The first-order chi connectivity index (χ1) is 22.6. The molecule has 1 aliphatic rings. The van der Waals surface area contributed by atoms with Crippen LogP contribution in [-0.4, -0.2) is 61.9 Å². The van der Waals surface area contributed by atoms with Crippen molar-refractivity contribution in [1.82, 2.24) is 16.1 Å². The lowest BCUT2D eigenvalue weighted by Crippen LogP contribution is -2.45. The topological polar surface area (TPSA) is 192 Å². The summed E-state index contributed by atoms with van der Waals surface area (Å²) in [6, 6.07) is 14.9. The summed E-state index contributed by atoms with van der Waals surface area (Å²) < 4.78 is 27.7. The van der Waals surface area contributed by atoms with Crippen molar-refractivity contribution < 1.29 is 43.3 Å². The minimum Gasteiger partial charge on any atom is -0.493 e. The number of nitro groups is 1. The molecule has 1 aliphatic heterocycles. The molecule has 0 spiro atoms. The minimum absolute atomic E-state index is 0.000701. The number of rotatable bonds is 15. The molecular weight excluding hydrogens is 614 g/mol. The van der Waals surface area contributed by atoms with E-state index in [-0.39, 0.29) is 24.5 Å². The lowest BCUT2D eigenvalue weighted by atomic mass is 9.95. The van der Waals surface area contributed by atoms with Gasteiger partial charge in [-0.15, -0.1) is 0 Å². The summed E-state index contributed by atoms with van der Waals surface area (Å²) in [5, 5.41) is 30.7. The first-order valence-corrected chi connectivity index (χ1v) is 14.4. The molecule has 15 heteroatoms. The van der Waals surface area contributed by atoms with Gasteiger partial charge in [0.05, 0.1) is 43.6 Å². The molecule has 0 aromatic heterocycles. The Kier molecular flexibility index (Phi) is 11.6. The molecule has 0 fully saturated rings. The summed E-state index contributed by atoms with van der Waals surface area (Å²) in [7, 11) is 2.76. The number of nitrogens with one attached hydrogen (secondary N) is 3. The summed E-state index contributed by atoms with van der Waals surface area (Å²) >= 11 is 0. The molecule has 1 heterocycles. The molecule has 15 nitrogen and oxygen atoms in total. The largest absolute Gasteiger partial charge is 0.493 e. The Balaban J connectivity index is 1.35. The van der Waals surface area contributed by atoms with Crippen molar-refractivity contribution in [3.63, 3.8) is 0 Å². The van der Waals surface area contributed by atoms with E-state index in [1.54, 1.807) is 62.4 Å². The number of benzene rings is 3. The number of allylic oxidation sites excluding steroid dienone is 1. The van der Waals surface area contributed by atoms with E-state index in [9.17, 15) is 24.8 Å². The maximum Gasteiger partial charge on any atom is 0.337 e. The van der Waals surface area contributed by atoms with Crippen molar-refractivity contribution in [1.29, 1.82) is 0 Å². The number of carbonyl (C=O) groups excluding carboxylic acids is 2. The van der Waals surface area contributed by atoms with E-state index in [1.807, 2.05) is 0 Å². The van der Waals surface area contributed by atoms with Gasteiger partial charge in [-0.2, -0.15) is 5.10 Å². The predicted octanol–water partition coefficient (Wildman–Crippen LogP) is 3.70. The van der Waals surface area contributed by atoms with Crippen LogP contribution in [0.25, 0.3) is 0 Å². The summed E-state index contributed by atoms with van der Waals surface area (Å²) in [4.78, 5) is 35.0. The first-order valence-electron chi connectivity index (χ1n) is 14.4. The second-order valence-corrected chi connectivity index (χ2v) is 10.0. The normalized spacial score (nSPS) is 14.9. The quantitative estimate of drug-likeness (QED) is 0.0617. The zero-order valence-corrected chi connectivity index (χ0v) is 26.1. The van der Waals surface area contributed by atoms with E-state index in [4.69, 9.17) is 23.7 Å². The van der Waals surface area contributed by atoms with Crippen LogP contribution in [0.15, 0.2) is 77.0 Å². The number of hydrazone groups is 1. The molecule has 2 atom stereocenters. The molecule has 0 aliphatic carbocycles. The molecule has 2 amide bonds. The van der Waals surface area contributed by atoms with E-state index in [1.165, 1.54) is 32.6 Å². The van der Waals surface area contributed by atoms with Gasteiger partial charge < -0.3 is 39.4 Å². The number of hydrogen-bond acceptors (Lipinski definition) is 12. The van der Waals surface area contributed by atoms with Crippen LogP contribution in [0.4, 0.5) is 10.5 Å². The molecule has 3 aromatic carbocycles. The van der Waals surface area contributed by atoms with Crippen molar-refractivity contribution >= 4 is 23.9 Å². The highest BCUT2D eigenvalue weighted by molar-refractivity contribution is 5.95. The van der Waals surface area contributed by atoms with Gasteiger partial charge in [0, 0.05) is 17.8 Å². The zero-order valence-electron chi connectivity index (χ0n) is 26.1. The van der Waals surface area contributed by atoms with Gasteiger partial charge in [0.1, 0.15) is 13.2 Å². The molecule has 0 saturated carbocycles. The van der Waals surface area contributed by atoms with Crippen molar-refractivity contribution in [3.05, 3.63) is 98.7 Å². The third kappa shape index (κ3) is 8.88. The van der Waals surface area contributed by atoms with Crippen LogP contribution in [0.5, 0.6) is 23.0 Å². The Morgan fingerprint density at radius 1 is 1.04 bits per heavy atom. The number of carbonyl (C=O) groups is 2. The smallest absolute Gasteiger partial charge is 0.337 e. The Labute approximate surface area is 270 Å². The summed E-state index contributed by atoms with van der Waals surface area (Å²) in [5.74, 6) is 1.000. The van der Waals surface area contributed by atoms with E-state index < -0.39 is 29.2 Å².